The molecule has 0 spiro atoms. The van der Waals surface area contributed by atoms with Crippen molar-refractivity contribution in [3.63, 3.8) is 0 Å². The van der Waals surface area contributed by atoms with E-state index in [1.54, 1.807) is 24.8 Å². The number of aromatic nitrogens is 5. The summed E-state index contributed by atoms with van der Waals surface area (Å²) in [6.45, 7) is 3.17. The van der Waals surface area contributed by atoms with E-state index < -0.39 is 5.97 Å². The molecule has 3 rings (SSSR count). The van der Waals surface area contributed by atoms with Gasteiger partial charge in [0, 0.05) is 19.2 Å². The Morgan fingerprint density at radius 2 is 2.19 bits per heavy atom. The van der Waals surface area contributed by atoms with Gasteiger partial charge in [-0.2, -0.15) is 4.98 Å². The molecule has 9 heteroatoms. The maximum absolute atomic E-state index is 10.8. The van der Waals surface area contributed by atoms with Gasteiger partial charge in [0.05, 0.1) is 19.3 Å². The normalized spacial score (nSPS) is 14.9. The van der Waals surface area contributed by atoms with Gasteiger partial charge >= 0.3 is 5.97 Å². The summed E-state index contributed by atoms with van der Waals surface area (Å²) < 4.78 is 6.70. The smallest absolute Gasteiger partial charge is 0.358 e. The summed E-state index contributed by atoms with van der Waals surface area (Å²) in [6.07, 6.45) is 1.44. The van der Waals surface area contributed by atoms with Crippen LogP contribution in [0.15, 0.2) is 12.3 Å². The molecule has 1 saturated heterocycles. The maximum Gasteiger partial charge on any atom is 0.358 e. The van der Waals surface area contributed by atoms with Crippen LogP contribution in [-0.2, 0) is 0 Å². The Morgan fingerprint density at radius 3 is 2.81 bits per heavy atom. The Balaban J connectivity index is 1.70. The highest BCUT2D eigenvalue weighted by molar-refractivity contribution is 5.84. The average Bonchev–Trinajstić information content (AvgIpc) is 2.86. The van der Waals surface area contributed by atoms with E-state index in [1.165, 1.54) is 6.20 Å². The number of methoxy groups -OCH3 is 1. The molecule has 0 aromatic carbocycles. The van der Waals surface area contributed by atoms with Crippen molar-refractivity contribution in [2.75, 3.05) is 25.1 Å². The molecule has 1 fully saturated rings. The molecular formula is C12H14N6O3. The number of ether oxygens (including phenoxy) is 1. The van der Waals surface area contributed by atoms with E-state index in [1.807, 2.05) is 4.90 Å². The van der Waals surface area contributed by atoms with Crippen LogP contribution in [0.3, 0.4) is 0 Å². The van der Waals surface area contributed by atoms with E-state index in [0.717, 1.165) is 5.82 Å². The van der Waals surface area contributed by atoms with Gasteiger partial charge in [-0.05, 0) is 6.92 Å². The van der Waals surface area contributed by atoms with Crippen LogP contribution in [0, 0.1) is 6.92 Å². The highest BCUT2D eigenvalue weighted by Gasteiger charge is 2.31. The molecule has 1 N–H and O–H groups in total. The Kier molecular flexibility index (Phi) is 3.16. The van der Waals surface area contributed by atoms with Gasteiger partial charge < -0.3 is 14.7 Å². The van der Waals surface area contributed by atoms with Gasteiger partial charge in [-0.15, -0.1) is 5.10 Å². The van der Waals surface area contributed by atoms with Gasteiger partial charge in [0.1, 0.15) is 11.6 Å². The van der Waals surface area contributed by atoms with Crippen LogP contribution in [0.5, 0.6) is 5.88 Å². The Hall–Kier alpha value is -2.71. The Labute approximate surface area is 120 Å². The zero-order valence-corrected chi connectivity index (χ0v) is 11.6. The third-order valence-corrected chi connectivity index (χ3v) is 3.30. The number of aryl methyl sites for hydroxylation is 1. The first-order chi connectivity index (χ1) is 10.1. The first-order valence-corrected chi connectivity index (χ1v) is 6.36. The SMILES string of the molecule is COc1cc(N2CC(n3cc(C(=O)O)nn3)C2)nc(C)n1. The molecule has 2 aromatic heterocycles. The topological polar surface area (TPSA) is 106 Å². The monoisotopic (exact) mass is 290 g/mol. The first kappa shape index (κ1) is 13.3. The molecule has 9 nitrogen and oxygen atoms in total. The van der Waals surface area contributed by atoms with Gasteiger partial charge in [0.2, 0.25) is 5.88 Å². The summed E-state index contributed by atoms with van der Waals surface area (Å²) in [7, 11) is 1.56. The van der Waals surface area contributed by atoms with Crippen molar-refractivity contribution in [1.29, 1.82) is 0 Å². The number of aromatic carboxylic acids is 1. The molecule has 0 amide bonds. The van der Waals surface area contributed by atoms with Crippen molar-refractivity contribution in [3.8, 4) is 5.88 Å². The number of carboxylic acids is 1. The van der Waals surface area contributed by atoms with Gasteiger partial charge in [-0.25, -0.2) is 14.5 Å². The van der Waals surface area contributed by atoms with E-state index in [0.29, 0.717) is 24.8 Å². The second-order valence-electron chi connectivity index (χ2n) is 4.76. The van der Waals surface area contributed by atoms with E-state index >= 15 is 0 Å². The molecule has 3 heterocycles. The van der Waals surface area contributed by atoms with Crippen molar-refractivity contribution in [2.45, 2.75) is 13.0 Å². The molecule has 0 radical (unpaired) electrons. The van der Waals surface area contributed by atoms with Crippen molar-refractivity contribution in [3.05, 3.63) is 23.8 Å². The highest BCUT2D eigenvalue weighted by Crippen LogP contribution is 2.27. The van der Waals surface area contributed by atoms with Crippen LogP contribution in [-0.4, -0.2) is 56.2 Å². The lowest BCUT2D eigenvalue weighted by atomic mass is 10.1. The average molecular weight is 290 g/mol. The minimum atomic E-state index is -1.08. The second kappa shape index (κ2) is 5.00. The van der Waals surface area contributed by atoms with E-state index in [2.05, 4.69) is 20.3 Å². The minimum Gasteiger partial charge on any atom is -0.481 e. The van der Waals surface area contributed by atoms with Gasteiger partial charge in [0.15, 0.2) is 5.69 Å². The van der Waals surface area contributed by atoms with Crippen LogP contribution in [0.1, 0.15) is 22.4 Å². The summed E-state index contributed by atoms with van der Waals surface area (Å²) in [5.74, 6) is 0.874. The van der Waals surface area contributed by atoms with Crippen molar-refractivity contribution < 1.29 is 14.6 Å². The molecular weight excluding hydrogens is 276 g/mol. The van der Waals surface area contributed by atoms with Crippen LogP contribution >= 0.6 is 0 Å². The van der Waals surface area contributed by atoms with Crippen LogP contribution in [0.2, 0.25) is 0 Å². The van der Waals surface area contributed by atoms with E-state index in [4.69, 9.17) is 9.84 Å². The summed E-state index contributed by atoms with van der Waals surface area (Å²) in [5.41, 5.74) is -0.0481. The molecule has 0 saturated carbocycles. The van der Waals surface area contributed by atoms with E-state index in [9.17, 15) is 4.79 Å². The first-order valence-electron chi connectivity index (χ1n) is 6.36. The zero-order valence-electron chi connectivity index (χ0n) is 11.6. The summed E-state index contributed by atoms with van der Waals surface area (Å²) >= 11 is 0. The molecule has 0 atom stereocenters. The number of hydrogen-bond donors (Lipinski definition) is 1. The van der Waals surface area contributed by atoms with Crippen molar-refractivity contribution in [2.24, 2.45) is 0 Å². The van der Waals surface area contributed by atoms with Crippen LogP contribution in [0.4, 0.5) is 5.82 Å². The number of anilines is 1. The van der Waals surface area contributed by atoms with Crippen molar-refractivity contribution in [1.82, 2.24) is 25.0 Å². The summed E-state index contributed by atoms with van der Waals surface area (Å²) in [4.78, 5) is 21.3. The zero-order chi connectivity index (χ0) is 15.0. The predicted octanol–water partition coefficient (Wildman–Crippen LogP) is 0.145. The third kappa shape index (κ3) is 2.49. The molecule has 0 aliphatic carbocycles. The van der Waals surface area contributed by atoms with E-state index in [-0.39, 0.29) is 11.7 Å². The number of hydrogen-bond acceptors (Lipinski definition) is 7. The number of nitrogens with zero attached hydrogens (tertiary/aromatic N) is 6. The highest BCUT2D eigenvalue weighted by atomic mass is 16.5. The summed E-state index contributed by atoms with van der Waals surface area (Å²) in [5, 5.41) is 16.3. The fourth-order valence-electron chi connectivity index (χ4n) is 2.15. The Bertz CT molecular complexity index is 679. The number of carboxylic acid groups (broad SMARTS) is 1. The largest absolute Gasteiger partial charge is 0.481 e. The molecule has 110 valence electrons. The van der Waals surface area contributed by atoms with Crippen molar-refractivity contribution >= 4 is 11.8 Å². The van der Waals surface area contributed by atoms with Gasteiger partial charge in [-0.3, -0.25) is 0 Å². The standard InChI is InChI=1S/C12H14N6O3/c1-7-13-10(3-11(14-7)21-2)17-4-8(5-17)18-6-9(12(19)20)15-16-18/h3,6,8H,4-5H2,1-2H3,(H,19,20). The molecule has 21 heavy (non-hydrogen) atoms. The number of carbonyl (C=O) groups is 1. The fraction of sp³-hybridized carbons (Fsp3) is 0.417. The second-order valence-corrected chi connectivity index (χ2v) is 4.76. The van der Waals surface area contributed by atoms with Crippen LogP contribution in [0.25, 0.3) is 0 Å². The molecule has 2 aromatic rings. The van der Waals surface area contributed by atoms with Crippen LogP contribution < -0.4 is 9.64 Å². The summed E-state index contributed by atoms with van der Waals surface area (Å²) in [6, 6.07) is 1.86. The maximum atomic E-state index is 10.8. The molecule has 1 aliphatic heterocycles. The lowest BCUT2D eigenvalue weighted by molar-refractivity contribution is 0.0690. The lowest BCUT2D eigenvalue weighted by Crippen LogP contribution is -2.48. The fourth-order valence-corrected chi connectivity index (χ4v) is 2.15. The van der Waals surface area contributed by atoms with Gasteiger partial charge in [0.25, 0.3) is 0 Å². The Morgan fingerprint density at radius 1 is 1.43 bits per heavy atom. The molecule has 1 aliphatic rings. The quantitative estimate of drug-likeness (QED) is 0.847. The molecule has 0 unspecified atom stereocenters. The lowest BCUT2D eigenvalue weighted by Gasteiger charge is -2.39. The predicted molar refractivity (Wildman–Crippen MR) is 71.6 cm³/mol. The van der Waals surface area contributed by atoms with Gasteiger partial charge in [-0.1, -0.05) is 5.21 Å². The third-order valence-electron chi connectivity index (χ3n) is 3.30. The number of rotatable bonds is 4. The molecule has 0 bridgehead atoms. The minimum absolute atomic E-state index is 0.0481.